The van der Waals surface area contributed by atoms with E-state index in [-0.39, 0.29) is 0 Å². The summed E-state index contributed by atoms with van der Waals surface area (Å²) in [6, 6.07) is 0. The van der Waals surface area contributed by atoms with E-state index in [0.29, 0.717) is 0 Å². The molecule has 0 aromatic rings. The van der Waals surface area contributed by atoms with E-state index in [4.69, 9.17) is 0 Å². The molecule has 0 nitrogen and oxygen atoms in total. The van der Waals surface area contributed by atoms with E-state index < -0.39 is 15.2 Å². The zero-order valence-corrected chi connectivity index (χ0v) is 6.73. The van der Waals surface area contributed by atoms with Crippen LogP contribution in [0.15, 0.2) is 24.3 Å². The second kappa shape index (κ2) is 2.56. The Kier molecular flexibility index (Phi) is 1.98. The topological polar surface area (TPSA) is 0 Å². The number of hydrogen-bond acceptors (Lipinski definition) is 0. The van der Waals surface area contributed by atoms with Crippen LogP contribution < -0.4 is 0 Å². The third-order valence-corrected chi connectivity index (χ3v) is 3.72. The Hall–Kier alpha value is 0.0644. The fourth-order valence-corrected chi connectivity index (χ4v) is 2.15. The summed E-state index contributed by atoms with van der Waals surface area (Å²) in [5.74, 6) is 0. The van der Waals surface area contributed by atoms with Crippen LogP contribution in [-0.4, -0.2) is 0 Å². The zero-order valence-electron chi connectivity index (χ0n) is 5.33. The van der Waals surface area contributed by atoms with Crippen molar-refractivity contribution in [2.75, 3.05) is 0 Å². The van der Waals surface area contributed by atoms with Gasteiger partial charge in [-0.05, 0) is 0 Å². The molecule has 1 aliphatic rings. The van der Waals surface area contributed by atoms with Crippen molar-refractivity contribution in [3.63, 3.8) is 0 Å². The van der Waals surface area contributed by atoms with E-state index in [2.05, 4.69) is 35.6 Å². The van der Waals surface area contributed by atoms with Gasteiger partial charge in [0, 0.05) is 0 Å². The molecular formula is C7H11V. The van der Waals surface area contributed by atoms with Crippen LogP contribution in [0.2, 0.25) is 15.9 Å². The SMILES string of the molecule is [CH3][V]([CH3])[CH]1C=CC=C1. The number of allylic oxidation sites excluding steroid dienone is 4. The molecule has 0 saturated heterocycles. The molecule has 0 bridgehead atoms. The summed E-state index contributed by atoms with van der Waals surface area (Å²) >= 11 is -0.455. The molecule has 0 heterocycles. The van der Waals surface area contributed by atoms with E-state index in [1.807, 2.05) is 0 Å². The first-order valence-corrected chi connectivity index (χ1v) is 6.42. The third kappa shape index (κ3) is 1.27. The van der Waals surface area contributed by atoms with Gasteiger partial charge in [0.2, 0.25) is 0 Å². The van der Waals surface area contributed by atoms with Gasteiger partial charge in [-0.25, -0.2) is 0 Å². The van der Waals surface area contributed by atoms with Crippen molar-refractivity contribution < 1.29 is 15.2 Å². The van der Waals surface area contributed by atoms with Crippen LogP contribution in [0.3, 0.4) is 0 Å². The average molecular weight is 146 g/mol. The minimum atomic E-state index is -0.455. The fourth-order valence-electron chi connectivity index (χ4n) is 0.764. The van der Waals surface area contributed by atoms with Gasteiger partial charge in [0.1, 0.15) is 0 Å². The van der Waals surface area contributed by atoms with Crippen LogP contribution in [0.25, 0.3) is 0 Å². The maximum atomic E-state index is 2.39. The van der Waals surface area contributed by atoms with E-state index in [1.54, 1.807) is 0 Å². The second-order valence-electron chi connectivity index (χ2n) is 2.22. The van der Waals surface area contributed by atoms with Gasteiger partial charge in [0.15, 0.2) is 0 Å². The van der Waals surface area contributed by atoms with Crippen LogP contribution in [0.5, 0.6) is 0 Å². The van der Waals surface area contributed by atoms with Gasteiger partial charge in [-0.15, -0.1) is 0 Å². The van der Waals surface area contributed by atoms with Gasteiger partial charge in [-0.2, -0.15) is 0 Å². The minimum absolute atomic E-state index is 0.455. The van der Waals surface area contributed by atoms with Crippen LogP contribution >= 0.6 is 0 Å². The first-order valence-electron chi connectivity index (χ1n) is 2.82. The summed E-state index contributed by atoms with van der Waals surface area (Å²) in [7, 11) is 0. The summed E-state index contributed by atoms with van der Waals surface area (Å²) in [5, 5.41) is 0. The molecule has 0 radical (unpaired) electrons. The third-order valence-electron chi connectivity index (χ3n) is 1.32. The average Bonchev–Trinajstić information content (AvgIpc) is 2.12. The molecular weight excluding hydrogens is 135 g/mol. The van der Waals surface area contributed by atoms with E-state index in [0.717, 1.165) is 4.63 Å². The van der Waals surface area contributed by atoms with Gasteiger partial charge in [0.05, 0.1) is 0 Å². The fraction of sp³-hybridized carbons (Fsp3) is 0.429. The summed E-state index contributed by atoms with van der Waals surface area (Å²) in [5.41, 5.74) is 4.77. The Morgan fingerprint density at radius 3 is 1.88 bits per heavy atom. The Bertz CT molecular complexity index is 110. The van der Waals surface area contributed by atoms with Crippen molar-refractivity contribution in [1.82, 2.24) is 0 Å². The Labute approximate surface area is 55.8 Å². The van der Waals surface area contributed by atoms with Crippen LogP contribution in [-0.2, 0) is 15.2 Å². The second-order valence-corrected chi connectivity index (χ2v) is 6.16. The number of hydrogen-bond donors (Lipinski definition) is 0. The van der Waals surface area contributed by atoms with Crippen LogP contribution in [0, 0.1) is 0 Å². The standard InChI is InChI=1S/C5H5.2CH3.V/c1-2-4-5-3-1;;;/h1-5H;2*1H3;. The van der Waals surface area contributed by atoms with Crippen molar-refractivity contribution in [1.29, 1.82) is 0 Å². The predicted octanol–water partition coefficient (Wildman–Crippen LogP) is 2.62. The molecule has 0 aliphatic heterocycles. The monoisotopic (exact) mass is 146 g/mol. The molecule has 8 heavy (non-hydrogen) atoms. The predicted molar refractivity (Wildman–Crippen MR) is 33.8 cm³/mol. The van der Waals surface area contributed by atoms with Gasteiger partial charge in [0.25, 0.3) is 0 Å². The first-order chi connectivity index (χ1) is 3.80. The van der Waals surface area contributed by atoms with E-state index >= 15 is 0 Å². The van der Waals surface area contributed by atoms with Crippen molar-refractivity contribution in [3.05, 3.63) is 24.3 Å². The van der Waals surface area contributed by atoms with Crippen LogP contribution in [0.1, 0.15) is 0 Å². The normalized spacial score (nSPS) is 18.9. The molecule has 0 atom stereocenters. The summed E-state index contributed by atoms with van der Waals surface area (Å²) in [6.45, 7) is 0. The molecule has 0 aromatic heterocycles. The van der Waals surface area contributed by atoms with Crippen molar-refractivity contribution in [3.8, 4) is 0 Å². The van der Waals surface area contributed by atoms with Gasteiger partial charge in [-0.1, -0.05) is 0 Å². The summed E-state index contributed by atoms with van der Waals surface area (Å²) < 4.78 is 0.850. The molecule has 0 fully saturated rings. The molecule has 0 aromatic carbocycles. The summed E-state index contributed by atoms with van der Waals surface area (Å²) in [4.78, 5) is 0. The molecule has 1 aliphatic carbocycles. The Balaban J connectivity index is 2.49. The first kappa shape index (κ1) is 6.19. The molecule has 0 amide bonds. The molecule has 0 saturated carbocycles. The van der Waals surface area contributed by atoms with Gasteiger partial charge in [-0.3, -0.25) is 0 Å². The molecule has 0 N–H and O–H groups in total. The molecule has 44 valence electrons. The van der Waals surface area contributed by atoms with Gasteiger partial charge >= 0.3 is 55.4 Å². The van der Waals surface area contributed by atoms with Crippen molar-refractivity contribution in [2.45, 2.75) is 15.9 Å². The quantitative estimate of drug-likeness (QED) is 0.533. The summed E-state index contributed by atoms with van der Waals surface area (Å²) in [6.07, 6.45) is 8.92. The van der Waals surface area contributed by atoms with Crippen molar-refractivity contribution >= 4 is 0 Å². The van der Waals surface area contributed by atoms with Crippen LogP contribution in [0.4, 0.5) is 0 Å². The van der Waals surface area contributed by atoms with Gasteiger partial charge < -0.3 is 0 Å². The van der Waals surface area contributed by atoms with E-state index in [9.17, 15) is 0 Å². The van der Waals surface area contributed by atoms with Crippen molar-refractivity contribution in [2.24, 2.45) is 0 Å². The maximum absolute atomic E-state index is 2.39. The zero-order chi connectivity index (χ0) is 5.98. The molecule has 0 spiro atoms. The molecule has 1 rings (SSSR count). The Morgan fingerprint density at radius 2 is 1.62 bits per heavy atom. The Morgan fingerprint density at radius 1 is 1.12 bits per heavy atom. The molecule has 1 heteroatoms. The van der Waals surface area contributed by atoms with E-state index in [1.165, 1.54) is 0 Å². The number of rotatable bonds is 1. The molecule has 0 unspecified atom stereocenters.